The number of nitriles is 1. The van der Waals surface area contributed by atoms with E-state index < -0.39 is 6.04 Å². The molecule has 2 heterocycles. The van der Waals surface area contributed by atoms with Gasteiger partial charge in [0.15, 0.2) is 0 Å². The van der Waals surface area contributed by atoms with Crippen LogP contribution in [0.4, 0.5) is 10.1 Å². The monoisotopic (exact) mass is 374 g/mol. The number of H-pyrrole nitrogens is 1. The van der Waals surface area contributed by atoms with Crippen LogP contribution in [0, 0.1) is 23.1 Å². The fourth-order valence-corrected chi connectivity index (χ4v) is 3.71. The Morgan fingerprint density at radius 1 is 1.25 bits per heavy atom. The highest BCUT2D eigenvalue weighted by molar-refractivity contribution is 6.10. The lowest BCUT2D eigenvalue weighted by Crippen LogP contribution is -2.29. The Morgan fingerprint density at radius 3 is 2.68 bits per heavy atom. The number of hydrogen-bond donors (Lipinski definition) is 1. The number of benzene rings is 2. The van der Waals surface area contributed by atoms with E-state index in [1.54, 1.807) is 41.3 Å². The average Bonchev–Trinajstić information content (AvgIpc) is 3.21. The first kappa shape index (κ1) is 17.9. The van der Waals surface area contributed by atoms with Crippen molar-refractivity contribution < 1.29 is 9.18 Å². The molecule has 1 N–H and O–H groups in total. The van der Waals surface area contributed by atoms with Crippen molar-refractivity contribution in [2.45, 2.75) is 26.3 Å². The van der Waals surface area contributed by atoms with E-state index in [0.29, 0.717) is 22.9 Å². The van der Waals surface area contributed by atoms with Gasteiger partial charge in [-0.1, -0.05) is 32.0 Å². The molecule has 140 valence electrons. The normalized spacial score (nSPS) is 15.8. The fraction of sp³-hybridized carbons (Fsp3) is 0.227. The number of hydrogen-bond acceptors (Lipinski definition) is 3. The molecule has 28 heavy (non-hydrogen) atoms. The quantitative estimate of drug-likeness (QED) is 0.737. The van der Waals surface area contributed by atoms with Gasteiger partial charge in [0.25, 0.3) is 5.91 Å². The van der Waals surface area contributed by atoms with Gasteiger partial charge in [-0.3, -0.25) is 14.8 Å². The molecule has 1 aliphatic rings. The van der Waals surface area contributed by atoms with Gasteiger partial charge in [-0.05, 0) is 48.2 Å². The van der Waals surface area contributed by atoms with Gasteiger partial charge in [-0.15, -0.1) is 0 Å². The van der Waals surface area contributed by atoms with Crippen molar-refractivity contribution in [3.8, 4) is 6.07 Å². The highest BCUT2D eigenvalue weighted by Crippen LogP contribution is 2.43. The van der Waals surface area contributed by atoms with E-state index in [-0.39, 0.29) is 11.7 Å². The Morgan fingerprint density at radius 2 is 2.00 bits per heavy atom. The molecule has 1 aromatic heterocycles. The minimum atomic E-state index is -0.426. The Bertz CT molecular complexity index is 1080. The van der Waals surface area contributed by atoms with E-state index in [4.69, 9.17) is 0 Å². The first-order chi connectivity index (χ1) is 13.5. The third kappa shape index (κ3) is 2.95. The van der Waals surface area contributed by atoms with Crippen LogP contribution < -0.4 is 4.90 Å². The second-order valence-corrected chi connectivity index (χ2v) is 7.35. The summed E-state index contributed by atoms with van der Waals surface area (Å²) in [6, 6.07) is 14.8. The minimum absolute atomic E-state index is 0.207. The summed E-state index contributed by atoms with van der Waals surface area (Å²) >= 11 is 0. The number of anilines is 1. The second kappa shape index (κ2) is 6.93. The van der Waals surface area contributed by atoms with Crippen LogP contribution >= 0.6 is 0 Å². The number of aromatic nitrogens is 2. The number of carbonyl (C=O) groups excluding carboxylic acids is 1. The van der Waals surface area contributed by atoms with E-state index in [2.05, 4.69) is 30.1 Å². The molecule has 0 saturated carbocycles. The predicted octanol–water partition coefficient (Wildman–Crippen LogP) is 4.37. The number of aromatic amines is 1. The molecule has 0 aliphatic carbocycles. The molecule has 0 spiro atoms. The topological polar surface area (TPSA) is 72.8 Å². The maximum Gasteiger partial charge on any atom is 0.277 e. The van der Waals surface area contributed by atoms with Crippen LogP contribution in [-0.4, -0.2) is 16.1 Å². The van der Waals surface area contributed by atoms with Crippen molar-refractivity contribution in [3.05, 3.63) is 82.4 Å². The smallest absolute Gasteiger partial charge is 0.277 e. The maximum absolute atomic E-state index is 13.5. The molecule has 0 saturated heterocycles. The zero-order valence-electron chi connectivity index (χ0n) is 15.6. The molecule has 0 fully saturated rings. The molecule has 1 aliphatic heterocycles. The summed E-state index contributed by atoms with van der Waals surface area (Å²) in [4.78, 5) is 14.9. The highest BCUT2D eigenvalue weighted by atomic mass is 19.1. The number of nitrogens with one attached hydrogen (secondary N) is 1. The minimum Gasteiger partial charge on any atom is -0.295 e. The number of fused-ring (bicyclic) bond motifs is 1. The average molecular weight is 374 g/mol. The predicted molar refractivity (Wildman–Crippen MR) is 103 cm³/mol. The van der Waals surface area contributed by atoms with Gasteiger partial charge in [-0.2, -0.15) is 10.4 Å². The number of carbonyl (C=O) groups is 1. The number of halogens is 1. The molecular weight excluding hydrogens is 355 g/mol. The lowest BCUT2D eigenvalue weighted by Gasteiger charge is -2.26. The SMILES string of the molecule is CC(C)Cc1n[nH]c2c1C(c1ccc(F)cc1)N(c1cccc(C#N)c1)C2=O. The first-order valence-corrected chi connectivity index (χ1v) is 9.16. The van der Waals surface area contributed by atoms with Crippen molar-refractivity contribution in [2.24, 2.45) is 5.92 Å². The largest absolute Gasteiger partial charge is 0.295 e. The van der Waals surface area contributed by atoms with Crippen LogP contribution in [0.1, 0.15) is 52.8 Å². The Kier molecular flexibility index (Phi) is 4.44. The molecule has 6 heteroatoms. The van der Waals surface area contributed by atoms with E-state index >= 15 is 0 Å². The van der Waals surface area contributed by atoms with Crippen LogP contribution in [0.15, 0.2) is 48.5 Å². The molecular formula is C22H19FN4O. The van der Waals surface area contributed by atoms with Crippen molar-refractivity contribution in [1.29, 1.82) is 5.26 Å². The van der Waals surface area contributed by atoms with Crippen LogP contribution in [0.3, 0.4) is 0 Å². The molecule has 1 atom stereocenters. The summed E-state index contributed by atoms with van der Waals surface area (Å²) in [5, 5.41) is 16.5. The van der Waals surface area contributed by atoms with Crippen molar-refractivity contribution >= 4 is 11.6 Å². The second-order valence-electron chi connectivity index (χ2n) is 7.35. The summed E-state index contributed by atoms with van der Waals surface area (Å²) in [7, 11) is 0. The summed E-state index contributed by atoms with van der Waals surface area (Å²) in [6.45, 7) is 4.19. The third-order valence-electron chi connectivity index (χ3n) is 4.89. The Balaban J connectivity index is 1.90. The highest BCUT2D eigenvalue weighted by Gasteiger charge is 2.42. The molecule has 1 unspecified atom stereocenters. The zero-order chi connectivity index (χ0) is 19.8. The Hall–Kier alpha value is -3.46. The summed E-state index contributed by atoms with van der Waals surface area (Å²) in [5.74, 6) is -0.171. The van der Waals surface area contributed by atoms with E-state index in [1.165, 1.54) is 12.1 Å². The molecule has 2 aromatic carbocycles. The summed E-state index contributed by atoms with van der Waals surface area (Å²) in [5.41, 5.74) is 4.01. The van der Waals surface area contributed by atoms with Crippen molar-refractivity contribution in [2.75, 3.05) is 4.90 Å². The molecule has 3 aromatic rings. The van der Waals surface area contributed by atoms with E-state index in [0.717, 1.165) is 23.2 Å². The Labute approximate surface area is 162 Å². The summed E-state index contributed by atoms with van der Waals surface area (Å²) in [6.07, 6.45) is 0.725. The molecule has 0 bridgehead atoms. The molecule has 4 rings (SSSR count). The van der Waals surface area contributed by atoms with E-state index in [9.17, 15) is 14.4 Å². The van der Waals surface area contributed by atoms with Gasteiger partial charge in [-0.25, -0.2) is 4.39 Å². The zero-order valence-corrected chi connectivity index (χ0v) is 15.6. The summed E-state index contributed by atoms with van der Waals surface area (Å²) < 4.78 is 13.5. The van der Waals surface area contributed by atoms with Crippen LogP contribution in [0.5, 0.6) is 0 Å². The van der Waals surface area contributed by atoms with Gasteiger partial charge in [0.1, 0.15) is 11.5 Å². The first-order valence-electron chi connectivity index (χ1n) is 9.16. The molecule has 0 radical (unpaired) electrons. The van der Waals surface area contributed by atoms with E-state index in [1.807, 2.05) is 0 Å². The fourth-order valence-electron chi connectivity index (χ4n) is 3.71. The van der Waals surface area contributed by atoms with Gasteiger partial charge in [0, 0.05) is 11.3 Å². The lowest BCUT2D eigenvalue weighted by atomic mass is 9.95. The van der Waals surface area contributed by atoms with Crippen LogP contribution in [0.2, 0.25) is 0 Å². The number of rotatable bonds is 4. The third-order valence-corrected chi connectivity index (χ3v) is 4.89. The molecule has 5 nitrogen and oxygen atoms in total. The van der Waals surface area contributed by atoms with Crippen LogP contribution in [0.25, 0.3) is 0 Å². The van der Waals surface area contributed by atoms with Gasteiger partial charge >= 0.3 is 0 Å². The van der Waals surface area contributed by atoms with Crippen molar-refractivity contribution in [1.82, 2.24) is 10.2 Å². The van der Waals surface area contributed by atoms with Gasteiger partial charge in [0.05, 0.1) is 23.4 Å². The van der Waals surface area contributed by atoms with Gasteiger partial charge in [0.2, 0.25) is 0 Å². The number of amides is 1. The lowest BCUT2D eigenvalue weighted by molar-refractivity contribution is 0.0988. The van der Waals surface area contributed by atoms with Gasteiger partial charge < -0.3 is 0 Å². The molecule has 1 amide bonds. The maximum atomic E-state index is 13.5. The van der Waals surface area contributed by atoms with Crippen LogP contribution in [-0.2, 0) is 6.42 Å². The number of nitrogens with zero attached hydrogens (tertiary/aromatic N) is 3. The standard InChI is InChI=1S/C22H19FN4O/c1-13(2)10-18-19-20(26-25-18)22(28)27(17-5-3-4-14(11-17)12-24)21(19)15-6-8-16(23)9-7-15/h3-9,11,13,21H,10H2,1-2H3,(H,25,26). The van der Waals surface area contributed by atoms with Crippen molar-refractivity contribution in [3.63, 3.8) is 0 Å².